The molecule has 0 aromatic heterocycles. The summed E-state index contributed by atoms with van der Waals surface area (Å²) < 4.78 is 6.72. The first-order valence-electron chi connectivity index (χ1n) is 9.51. The van der Waals surface area contributed by atoms with Crippen molar-refractivity contribution in [3.8, 4) is 0 Å². The van der Waals surface area contributed by atoms with E-state index in [1.807, 2.05) is 0 Å². The SMILES string of the molecule is C[Si](C)(C)/C=C\COC(c1ccccc1)(c1ccccc1)c1ccccc1. The number of benzene rings is 3. The highest BCUT2D eigenvalue weighted by Gasteiger charge is 2.37. The molecule has 0 spiro atoms. The molecule has 0 N–H and O–H groups in total. The van der Waals surface area contributed by atoms with Crippen molar-refractivity contribution in [1.82, 2.24) is 0 Å². The fourth-order valence-corrected chi connectivity index (χ4v) is 4.15. The van der Waals surface area contributed by atoms with Crippen molar-refractivity contribution in [2.45, 2.75) is 25.2 Å². The zero-order valence-corrected chi connectivity index (χ0v) is 17.4. The zero-order valence-electron chi connectivity index (χ0n) is 16.4. The van der Waals surface area contributed by atoms with Crippen LogP contribution < -0.4 is 0 Å². The standard InChI is InChI=1S/C25H28OSi/c1-27(2,3)21-13-20-26-25(22-14-7-4-8-15-22,23-16-9-5-10-17-23)24-18-11-6-12-19-24/h4-19,21H,20H2,1-3H3/b21-13-. The lowest BCUT2D eigenvalue weighted by Gasteiger charge is -2.35. The molecule has 0 unspecified atom stereocenters. The van der Waals surface area contributed by atoms with Crippen molar-refractivity contribution in [2.24, 2.45) is 0 Å². The van der Waals surface area contributed by atoms with Crippen LogP contribution in [0.15, 0.2) is 103 Å². The van der Waals surface area contributed by atoms with Crippen molar-refractivity contribution in [3.05, 3.63) is 119 Å². The Kier molecular flexibility index (Phi) is 6.10. The van der Waals surface area contributed by atoms with Gasteiger partial charge in [-0.1, -0.05) is 122 Å². The summed E-state index contributed by atoms with van der Waals surface area (Å²) in [5, 5.41) is 0. The van der Waals surface area contributed by atoms with Gasteiger partial charge in [0.05, 0.1) is 14.7 Å². The van der Waals surface area contributed by atoms with E-state index in [-0.39, 0.29) is 0 Å². The second kappa shape index (κ2) is 8.51. The summed E-state index contributed by atoms with van der Waals surface area (Å²) in [5.74, 6) is 0. The molecular formula is C25H28OSi. The Hall–Kier alpha value is -2.42. The average molecular weight is 373 g/mol. The number of hydrogen-bond acceptors (Lipinski definition) is 1. The van der Waals surface area contributed by atoms with Crippen LogP contribution in [0.4, 0.5) is 0 Å². The third kappa shape index (κ3) is 4.65. The van der Waals surface area contributed by atoms with Crippen LogP contribution in [0.2, 0.25) is 19.6 Å². The Morgan fingerprint density at radius 1 is 0.667 bits per heavy atom. The lowest BCUT2D eigenvalue weighted by molar-refractivity contribution is 0.0320. The van der Waals surface area contributed by atoms with Crippen LogP contribution in [-0.4, -0.2) is 14.7 Å². The minimum Gasteiger partial charge on any atom is -0.357 e. The predicted octanol–water partition coefficient (Wildman–Crippen LogP) is 6.43. The second-order valence-electron chi connectivity index (χ2n) is 7.86. The van der Waals surface area contributed by atoms with E-state index >= 15 is 0 Å². The lowest BCUT2D eigenvalue weighted by atomic mass is 9.80. The lowest BCUT2D eigenvalue weighted by Crippen LogP contribution is -2.33. The maximum absolute atomic E-state index is 6.72. The molecule has 0 atom stereocenters. The summed E-state index contributed by atoms with van der Waals surface area (Å²) in [6, 6.07) is 31.6. The van der Waals surface area contributed by atoms with Crippen molar-refractivity contribution in [3.63, 3.8) is 0 Å². The zero-order chi connectivity index (χ0) is 19.2. The van der Waals surface area contributed by atoms with E-state index in [1.165, 1.54) is 0 Å². The van der Waals surface area contributed by atoms with E-state index in [0.29, 0.717) is 6.61 Å². The van der Waals surface area contributed by atoms with E-state index in [0.717, 1.165) is 16.7 Å². The highest BCUT2D eigenvalue weighted by Crippen LogP contribution is 2.40. The molecule has 0 radical (unpaired) electrons. The topological polar surface area (TPSA) is 9.23 Å². The van der Waals surface area contributed by atoms with Crippen molar-refractivity contribution >= 4 is 8.07 Å². The fraction of sp³-hybridized carbons (Fsp3) is 0.200. The Bertz CT molecular complexity index is 752. The van der Waals surface area contributed by atoms with Gasteiger partial charge in [-0.3, -0.25) is 0 Å². The minimum atomic E-state index is -1.25. The quantitative estimate of drug-likeness (QED) is 0.343. The Balaban J connectivity index is 2.12. The van der Waals surface area contributed by atoms with Gasteiger partial charge in [0.25, 0.3) is 0 Å². The number of ether oxygens (including phenoxy) is 1. The summed E-state index contributed by atoms with van der Waals surface area (Å²) >= 11 is 0. The van der Waals surface area contributed by atoms with E-state index in [4.69, 9.17) is 4.74 Å². The van der Waals surface area contributed by atoms with Gasteiger partial charge in [-0.25, -0.2) is 0 Å². The Morgan fingerprint density at radius 2 is 1.04 bits per heavy atom. The molecule has 0 saturated carbocycles. The molecule has 138 valence electrons. The molecule has 3 aromatic carbocycles. The summed E-state index contributed by atoms with van der Waals surface area (Å²) in [4.78, 5) is 0. The summed E-state index contributed by atoms with van der Waals surface area (Å²) in [6.45, 7) is 7.58. The molecule has 0 aliphatic heterocycles. The van der Waals surface area contributed by atoms with Crippen LogP contribution in [0, 0.1) is 0 Å². The van der Waals surface area contributed by atoms with E-state index in [2.05, 4.69) is 122 Å². The smallest absolute Gasteiger partial charge is 0.144 e. The third-order valence-electron chi connectivity index (χ3n) is 4.55. The highest BCUT2D eigenvalue weighted by atomic mass is 28.3. The van der Waals surface area contributed by atoms with Gasteiger partial charge in [-0.2, -0.15) is 0 Å². The van der Waals surface area contributed by atoms with Crippen LogP contribution in [0.25, 0.3) is 0 Å². The van der Waals surface area contributed by atoms with Gasteiger partial charge in [0.15, 0.2) is 0 Å². The van der Waals surface area contributed by atoms with Gasteiger partial charge in [0, 0.05) is 0 Å². The summed E-state index contributed by atoms with van der Waals surface area (Å²) in [7, 11) is -1.25. The molecule has 0 amide bonds. The summed E-state index contributed by atoms with van der Waals surface area (Å²) in [6.07, 6.45) is 2.19. The molecule has 27 heavy (non-hydrogen) atoms. The first-order valence-corrected chi connectivity index (χ1v) is 13.1. The van der Waals surface area contributed by atoms with Gasteiger partial charge in [0.2, 0.25) is 0 Å². The molecule has 0 heterocycles. The Labute approximate surface area is 164 Å². The first kappa shape index (κ1) is 19.3. The van der Waals surface area contributed by atoms with Crippen molar-refractivity contribution in [2.75, 3.05) is 6.61 Å². The monoisotopic (exact) mass is 372 g/mol. The molecule has 0 saturated heterocycles. The van der Waals surface area contributed by atoms with Gasteiger partial charge < -0.3 is 4.74 Å². The molecule has 0 aliphatic carbocycles. The second-order valence-corrected chi connectivity index (χ2v) is 12.9. The van der Waals surface area contributed by atoms with E-state index < -0.39 is 13.7 Å². The van der Waals surface area contributed by atoms with Crippen molar-refractivity contribution < 1.29 is 4.74 Å². The predicted molar refractivity (Wildman–Crippen MR) is 118 cm³/mol. The minimum absolute atomic E-state index is 0.572. The maximum atomic E-state index is 6.72. The van der Waals surface area contributed by atoms with Gasteiger partial charge in [0.1, 0.15) is 5.60 Å². The fourth-order valence-electron chi connectivity index (χ4n) is 3.34. The molecule has 0 aliphatic rings. The van der Waals surface area contributed by atoms with Crippen LogP contribution in [-0.2, 0) is 10.3 Å². The van der Waals surface area contributed by atoms with Crippen molar-refractivity contribution in [1.29, 1.82) is 0 Å². The van der Waals surface area contributed by atoms with E-state index in [1.54, 1.807) is 0 Å². The number of rotatable bonds is 7. The van der Waals surface area contributed by atoms with Crippen LogP contribution >= 0.6 is 0 Å². The van der Waals surface area contributed by atoms with Crippen LogP contribution in [0.3, 0.4) is 0 Å². The molecular weight excluding hydrogens is 344 g/mol. The highest BCUT2D eigenvalue weighted by molar-refractivity contribution is 6.80. The number of hydrogen-bond donors (Lipinski definition) is 0. The van der Waals surface area contributed by atoms with Gasteiger partial charge in [-0.15, -0.1) is 0 Å². The molecule has 3 rings (SSSR count). The van der Waals surface area contributed by atoms with Crippen LogP contribution in [0.5, 0.6) is 0 Å². The van der Waals surface area contributed by atoms with Gasteiger partial charge >= 0.3 is 0 Å². The van der Waals surface area contributed by atoms with Gasteiger partial charge in [-0.05, 0) is 16.7 Å². The molecule has 3 aromatic rings. The maximum Gasteiger partial charge on any atom is 0.144 e. The Morgan fingerprint density at radius 3 is 1.37 bits per heavy atom. The first-order chi connectivity index (χ1) is 13.0. The molecule has 0 bridgehead atoms. The van der Waals surface area contributed by atoms with Crippen LogP contribution in [0.1, 0.15) is 16.7 Å². The summed E-state index contributed by atoms with van der Waals surface area (Å²) in [5.41, 5.74) is 5.14. The van der Waals surface area contributed by atoms with E-state index in [9.17, 15) is 0 Å². The normalized spacial score (nSPS) is 12.4. The largest absolute Gasteiger partial charge is 0.357 e. The molecule has 1 nitrogen and oxygen atoms in total. The molecule has 0 fully saturated rings. The average Bonchev–Trinajstić information content (AvgIpc) is 2.70. The molecule has 2 heteroatoms. The third-order valence-corrected chi connectivity index (χ3v) is 5.79.